The van der Waals surface area contributed by atoms with Crippen LogP contribution in [-0.4, -0.2) is 13.1 Å². The average Bonchev–Trinajstić information content (AvgIpc) is 2.20. The zero-order valence-electron chi connectivity index (χ0n) is 7.59. The van der Waals surface area contributed by atoms with Gasteiger partial charge in [-0.1, -0.05) is 11.6 Å². The predicted octanol–water partition coefficient (Wildman–Crippen LogP) is 3.13. The average molecular weight is 195 g/mol. The second kappa shape index (κ2) is 4.01. The molecule has 0 spiro atoms. The van der Waals surface area contributed by atoms with Crippen LogP contribution in [0.3, 0.4) is 0 Å². The second-order valence-electron chi connectivity index (χ2n) is 3.44. The van der Waals surface area contributed by atoms with Crippen LogP contribution in [0.2, 0.25) is 5.02 Å². The second-order valence-corrected chi connectivity index (χ2v) is 3.88. The van der Waals surface area contributed by atoms with Gasteiger partial charge in [-0.3, -0.25) is 0 Å². The van der Waals surface area contributed by atoms with E-state index < -0.39 is 0 Å². The number of halogens is 1. The van der Waals surface area contributed by atoms with E-state index in [1.54, 1.807) is 0 Å². The van der Waals surface area contributed by atoms with E-state index in [1.165, 1.54) is 24.9 Å². The van der Waals surface area contributed by atoms with E-state index in [-0.39, 0.29) is 0 Å². The van der Waals surface area contributed by atoms with Gasteiger partial charge in [-0.25, -0.2) is 0 Å². The molecule has 0 atom stereocenters. The Bertz CT molecular complexity index is 262. The van der Waals surface area contributed by atoms with Gasteiger partial charge in [-0.2, -0.15) is 0 Å². The lowest BCUT2D eigenvalue weighted by Gasteiger charge is -2.28. The smallest absolute Gasteiger partial charge is 0.0447 e. The van der Waals surface area contributed by atoms with Gasteiger partial charge < -0.3 is 4.90 Å². The fraction of sp³-hybridized carbons (Fsp3) is 0.455. The Morgan fingerprint density at radius 1 is 1.15 bits per heavy atom. The summed E-state index contributed by atoms with van der Waals surface area (Å²) in [6.07, 6.45) is 3.97. The lowest BCUT2D eigenvalue weighted by Crippen LogP contribution is -2.29. The molecule has 1 nitrogen and oxygen atoms in total. The van der Waals surface area contributed by atoms with Crippen LogP contribution in [0, 0.1) is 6.07 Å². The molecule has 0 N–H and O–H groups in total. The van der Waals surface area contributed by atoms with Crippen molar-refractivity contribution < 1.29 is 0 Å². The van der Waals surface area contributed by atoms with E-state index in [2.05, 4.69) is 11.0 Å². The fourth-order valence-corrected chi connectivity index (χ4v) is 1.85. The van der Waals surface area contributed by atoms with E-state index in [0.717, 1.165) is 18.1 Å². The Labute approximate surface area is 84.3 Å². The molecule has 13 heavy (non-hydrogen) atoms. The number of piperidine rings is 1. The molecule has 1 radical (unpaired) electrons. The molecule has 0 amide bonds. The monoisotopic (exact) mass is 194 g/mol. The third kappa shape index (κ3) is 2.16. The van der Waals surface area contributed by atoms with Crippen LogP contribution in [0.5, 0.6) is 0 Å². The highest BCUT2D eigenvalue weighted by Gasteiger charge is 2.10. The molecule has 1 aliphatic rings. The number of hydrogen-bond donors (Lipinski definition) is 0. The molecule has 1 saturated heterocycles. The van der Waals surface area contributed by atoms with Crippen LogP contribution in [-0.2, 0) is 0 Å². The molecule has 1 aromatic rings. The third-order valence-corrected chi connectivity index (χ3v) is 2.69. The van der Waals surface area contributed by atoms with Crippen molar-refractivity contribution >= 4 is 17.3 Å². The van der Waals surface area contributed by atoms with Gasteiger partial charge in [0.05, 0.1) is 0 Å². The molecule has 0 bridgehead atoms. The maximum Gasteiger partial charge on any atom is 0.0447 e. The molecule has 0 saturated carbocycles. The first kappa shape index (κ1) is 8.89. The Balaban J connectivity index is 2.10. The summed E-state index contributed by atoms with van der Waals surface area (Å²) in [4.78, 5) is 2.37. The Morgan fingerprint density at radius 2 is 1.92 bits per heavy atom. The number of hydrogen-bond acceptors (Lipinski definition) is 1. The van der Waals surface area contributed by atoms with Crippen molar-refractivity contribution in [3.05, 3.63) is 29.3 Å². The Morgan fingerprint density at radius 3 is 2.54 bits per heavy atom. The summed E-state index contributed by atoms with van der Waals surface area (Å²) in [6, 6.07) is 9.02. The fourth-order valence-electron chi connectivity index (χ4n) is 1.73. The molecule has 0 aliphatic carbocycles. The SMILES string of the molecule is Clc1c[c]c(N2CCCCC2)cc1. The van der Waals surface area contributed by atoms with E-state index in [4.69, 9.17) is 11.6 Å². The first-order chi connectivity index (χ1) is 6.36. The minimum absolute atomic E-state index is 0.765. The van der Waals surface area contributed by atoms with E-state index in [0.29, 0.717) is 0 Å². The van der Waals surface area contributed by atoms with E-state index >= 15 is 0 Å². The summed E-state index contributed by atoms with van der Waals surface area (Å²) in [7, 11) is 0. The number of benzene rings is 1. The summed E-state index contributed by atoms with van der Waals surface area (Å²) in [6.45, 7) is 2.33. The molecular weight excluding hydrogens is 182 g/mol. The van der Waals surface area contributed by atoms with Crippen LogP contribution in [0.4, 0.5) is 5.69 Å². The van der Waals surface area contributed by atoms with Crippen molar-refractivity contribution in [2.75, 3.05) is 18.0 Å². The molecule has 2 rings (SSSR count). The van der Waals surface area contributed by atoms with Crippen molar-refractivity contribution in [2.24, 2.45) is 0 Å². The zero-order chi connectivity index (χ0) is 9.10. The lowest BCUT2D eigenvalue weighted by atomic mass is 10.1. The standard InChI is InChI=1S/C11H13ClN/c12-10-4-6-11(7-5-10)13-8-2-1-3-9-13/h4-6H,1-3,8-9H2. The Kier molecular flexibility index (Phi) is 2.74. The van der Waals surface area contributed by atoms with Gasteiger partial charge in [0.15, 0.2) is 0 Å². The highest BCUT2D eigenvalue weighted by molar-refractivity contribution is 6.30. The zero-order valence-corrected chi connectivity index (χ0v) is 8.35. The number of anilines is 1. The van der Waals surface area contributed by atoms with Gasteiger partial charge in [0.1, 0.15) is 0 Å². The minimum atomic E-state index is 0.765. The van der Waals surface area contributed by atoms with Gasteiger partial charge in [-0.15, -0.1) is 0 Å². The molecule has 69 valence electrons. The molecule has 1 aliphatic heterocycles. The maximum absolute atomic E-state index is 5.80. The predicted molar refractivity (Wildman–Crippen MR) is 56.4 cm³/mol. The normalized spacial score (nSPS) is 17.5. The van der Waals surface area contributed by atoms with Gasteiger partial charge >= 0.3 is 0 Å². The van der Waals surface area contributed by atoms with Gasteiger partial charge in [0.25, 0.3) is 0 Å². The van der Waals surface area contributed by atoms with Crippen molar-refractivity contribution in [1.29, 1.82) is 0 Å². The first-order valence-electron chi connectivity index (χ1n) is 4.78. The summed E-state index contributed by atoms with van der Waals surface area (Å²) in [5, 5.41) is 0.765. The topological polar surface area (TPSA) is 3.24 Å². The van der Waals surface area contributed by atoms with Crippen LogP contribution in [0.1, 0.15) is 19.3 Å². The third-order valence-electron chi connectivity index (χ3n) is 2.46. The quantitative estimate of drug-likeness (QED) is 0.664. The molecule has 1 heterocycles. The van der Waals surface area contributed by atoms with E-state index in [1.807, 2.05) is 18.2 Å². The molecule has 0 unspecified atom stereocenters. The van der Waals surface area contributed by atoms with Crippen LogP contribution in [0.15, 0.2) is 18.2 Å². The minimum Gasteiger partial charge on any atom is -0.371 e. The van der Waals surface area contributed by atoms with Crippen LogP contribution in [0.25, 0.3) is 0 Å². The molecule has 0 aromatic heterocycles. The summed E-state index contributed by atoms with van der Waals surface area (Å²) >= 11 is 5.80. The highest BCUT2D eigenvalue weighted by atomic mass is 35.5. The molecule has 2 heteroatoms. The van der Waals surface area contributed by atoms with Crippen LogP contribution < -0.4 is 4.90 Å². The van der Waals surface area contributed by atoms with Gasteiger partial charge in [-0.05, 0) is 37.5 Å². The lowest BCUT2D eigenvalue weighted by molar-refractivity contribution is 0.577. The van der Waals surface area contributed by atoms with E-state index in [9.17, 15) is 0 Å². The number of rotatable bonds is 1. The Hall–Kier alpha value is -0.690. The molecular formula is C11H13ClN. The summed E-state index contributed by atoms with van der Waals surface area (Å²) in [5.74, 6) is 0. The summed E-state index contributed by atoms with van der Waals surface area (Å²) in [5.41, 5.74) is 1.18. The largest absolute Gasteiger partial charge is 0.371 e. The summed E-state index contributed by atoms with van der Waals surface area (Å²) < 4.78 is 0. The van der Waals surface area contributed by atoms with Crippen molar-refractivity contribution in [3.63, 3.8) is 0 Å². The van der Waals surface area contributed by atoms with Crippen molar-refractivity contribution in [1.82, 2.24) is 0 Å². The molecule has 1 fully saturated rings. The van der Waals surface area contributed by atoms with Crippen LogP contribution >= 0.6 is 11.6 Å². The maximum atomic E-state index is 5.80. The first-order valence-corrected chi connectivity index (χ1v) is 5.16. The van der Waals surface area contributed by atoms with Gasteiger partial charge in [0.2, 0.25) is 0 Å². The highest BCUT2D eigenvalue weighted by Crippen LogP contribution is 2.20. The van der Waals surface area contributed by atoms with Crippen molar-refractivity contribution in [3.8, 4) is 0 Å². The number of nitrogens with zero attached hydrogens (tertiary/aromatic N) is 1. The van der Waals surface area contributed by atoms with Crippen molar-refractivity contribution in [2.45, 2.75) is 19.3 Å². The molecule has 1 aromatic carbocycles. The van der Waals surface area contributed by atoms with Gasteiger partial charge in [0, 0.05) is 29.9 Å².